The van der Waals surface area contributed by atoms with Crippen LogP contribution in [0.3, 0.4) is 0 Å². The number of fused-ring (bicyclic) bond motifs is 1. The third-order valence-corrected chi connectivity index (χ3v) is 4.51. The molecule has 24 heavy (non-hydrogen) atoms. The Morgan fingerprint density at radius 2 is 2.04 bits per heavy atom. The molecule has 1 aromatic carbocycles. The van der Waals surface area contributed by atoms with Gasteiger partial charge in [0.05, 0.1) is 0 Å². The average Bonchev–Trinajstić information content (AvgIpc) is 2.93. The first-order valence-electron chi connectivity index (χ1n) is 7.62. The van der Waals surface area contributed by atoms with Gasteiger partial charge >= 0.3 is 0 Å². The monoisotopic (exact) mass is 350 g/mol. The number of benzene rings is 1. The number of nitrogens with zero attached hydrogens (tertiary/aromatic N) is 3. The fourth-order valence-electron chi connectivity index (χ4n) is 2.48. The first-order valence-corrected chi connectivity index (χ1v) is 8.61. The number of hydrogen-bond acceptors (Lipinski definition) is 4. The van der Waals surface area contributed by atoms with Crippen LogP contribution in [0.5, 0.6) is 0 Å². The molecule has 0 aliphatic rings. The van der Waals surface area contributed by atoms with Crippen LogP contribution < -0.4 is 5.56 Å². The van der Waals surface area contributed by atoms with Crippen LogP contribution in [0.15, 0.2) is 34.2 Å². The van der Waals surface area contributed by atoms with Crippen LogP contribution in [0.1, 0.15) is 24.6 Å². The minimum atomic E-state index is -0.583. The van der Waals surface area contributed by atoms with Gasteiger partial charge in [-0.25, -0.2) is 8.78 Å². The van der Waals surface area contributed by atoms with Crippen LogP contribution >= 0.6 is 11.8 Å². The van der Waals surface area contributed by atoms with E-state index in [1.165, 1.54) is 23.9 Å². The number of nitrogens with one attached hydrogen (secondary N) is 1. The molecule has 2 heterocycles. The Balaban J connectivity index is 1.79. The molecule has 3 rings (SSSR count). The summed E-state index contributed by atoms with van der Waals surface area (Å²) >= 11 is 1.42. The Bertz CT molecular complexity index is 922. The van der Waals surface area contributed by atoms with E-state index in [0.29, 0.717) is 28.7 Å². The van der Waals surface area contributed by atoms with E-state index in [-0.39, 0.29) is 5.56 Å². The van der Waals surface area contributed by atoms with Crippen molar-refractivity contribution in [3.05, 3.63) is 57.5 Å². The van der Waals surface area contributed by atoms with Crippen molar-refractivity contribution in [2.24, 2.45) is 0 Å². The average molecular weight is 350 g/mol. The van der Waals surface area contributed by atoms with Gasteiger partial charge in [-0.15, -0.1) is 10.2 Å². The van der Waals surface area contributed by atoms with Crippen LogP contribution in [-0.2, 0) is 12.8 Å². The van der Waals surface area contributed by atoms with Crippen molar-refractivity contribution in [1.29, 1.82) is 0 Å². The molecule has 126 valence electrons. The number of aromatic amines is 1. The van der Waals surface area contributed by atoms with Gasteiger partial charge in [0.2, 0.25) is 5.78 Å². The zero-order chi connectivity index (χ0) is 17.1. The van der Waals surface area contributed by atoms with Gasteiger partial charge in [-0.2, -0.15) is 0 Å². The zero-order valence-corrected chi connectivity index (χ0v) is 13.9. The summed E-state index contributed by atoms with van der Waals surface area (Å²) in [7, 11) is 0. The number of H-pyrrole nitrogens is 1. The molecule has 0 amide bonds. The van der Waals surface area contributed by atoms with Crippen molar-refractivity contribution in [3.8, 4) is 0 Å². The highest BCUT2D eigenvalue weighted by atomic mass is 32.2. The molecule has 0 saturated carbocycles. The number of aromatic nitrogens is 4. The Hall–Kier alpha value is -2.22. The summed E-state index contributed by atoms with van der Waals surface area (Å²) in [5, 5.41) is 8.73. The SMILES string of the molecule is CCCc1cc(=O)[nH]c2nnc(SCCc3ccc(F)cc3F)n12. The standard InChI is InChI=1S/C16H16F2N4OS/c1-2-3-12-9-14(23)19-15-20-21-16(22(12)15)24-7-6-10-4-5-11(17)8-13(10)18/h4-5,8-9H,2-3,6-7H2,1H3,(H,19,20,23). The molecule has 0 aliphatic carbocycles. The number of aryl methyl sites for hydroxylation is 2. The third kappa shape index (κ3) is 3.48. The van der Waals surface area contributed by atoms with Crippen molar-refractivity contribution in [3.63, 3.8) is 0 Å². The lowest BCUT2D eigenvalue weighted by Gasteiger charge is -2.06. The number of rotatable bonds is 6. The van der Waals surface area contributed by atoms with E-state index < -0.39 is 11.6 Å². The molecule has 0 spiro atoms. The highest BCUT2D eigenvalue weighted by Crippen LogP contribution is 2.20. The lowest BCUT2D eigenvalue weighted by Crippen LogP contribution is -2.12. The molecule has 3 aromatic rings. The minimum Gasteiger partial charge on any atom is -0.291 e. The lowest BCUT2D eigenvalue weighted by molar-refractivity contribution is 0.574. The van der Waals surface area contributed by atoms with E-state index in [2.05, 4.69) is 15.2 Å². The van der Waals surface area contributed by atoms with Crippen LogP contribution in [0.2, 0.25) is 0 Å². The van der Waals surface area contributed by atoms with Crippen LogP contribution in [0.25, 0.3) is 5.78 Å². The molecule has 0 radical (unpaired) electrons. The van der Waals surface area contributed by atoms with Crippen molar-refractivity contribution in [2.75, 3.05) is 5.75 Å². The second kappa shape index (κ2) is 7.12. The Kier molecular flexibility index (Phi) is 4.94. The van der Waals surface area contributed by atoms with Crippen LogP contribution in [-0.4, -0.2) is 25.3 Å². The first-order chi connectivity index (χ1) is 11.6. The Morgan fingerprint density at radius 3 is 2.79 bits per heavy atom. The van der Waals surface area contributed by atoms with Gasteiger partial charge in [-0.3, -0.25) is 14.2 Å². The molecular weight excluding hydrogens is 334 g/mol. The maximum absolute atomic E-state index is 13.7. The van der Waals surface area contributed by atoms with Gasteiger partial charge in [0.25, 0.3) is 5.56 Å². The van der Waals surface area contributed by atoms with Gasteiger partial charge in [0.15, 0.2) is 5.16 Å². The van der Waals surface area contributed by atoms with E-state index in [4.69, 9.17) is 0 Å². The summed E-state index contributed by atoms with van der Waals surface area (Å²) in [6.07, 6.45) is 2.07. The van der Waals surface area contributed by atoms with Gasteiger partial charge < -0.3 is 0 Å². The quantitative estimate of drug-likeness (QED) is 0.694. The third-order valence-electron chi connectivity index (χ3n) is 3.58. The maximum atomic E-state index is 13.7. The summed E-state index contributed by atoms with van der Waals surface area (Å²) in [5.74, 6) is -0.159. The number of halogens is 2. The Morgan fingerprint density at radius 1 is 1.21 bits per heavy atom. The minimum absolute atomic E-state index is 0.205. The summed E-state index contributed by atoms with van der Waals surface area (Å²) < 4.78 is 28.4. The molecule has 0 atom stereocenters. The molecule has 0 bridgehead atoms. The predicted molar refractivity (Wildman–Crippen MR) is 88.4 cm³/mol. The molecule has 5 nitrogen and oxygen atoms in total. The highest BCUT2D eigenvalue weighted by Gasteiger charge is 2.12. The molecule has 0 aliphatic heterocycles. The topological polar surface area (TPSA) is 63.0 Å². The highest BCUT2D eigenvalue weighted by molar-refractivity contribution is 7.99. The molecule has 2 aromatic heterocycles. The second-order valence-electron chi connectivity index (χ2n) is 5.35. The molecule has 0 unspecified atom stereocenters. The molecular formula is C16H16F2N4OS. The molecule has 8 heteroatoms. The van der Waals surface area contributed by atoms with E-state index in [0.717, 1.165) is 24.6 Å². The van der Waals surface area contributed by atoms with E-state index >= 15 is 0 Å². The van der Waals surface area contributed by atoms with Crippen molar-refractivity contribution in [1.82, 2.24) is 19.6 Å². The van der Waals surface area contributed by atoms with Crippen LogP contribution in [0, 0.1) is 11.6 Å². The largest absolute Gasteiger partial charge is 0.291 e. The fourth-order valence-corrected chi connectivity index (χ4v) is 3.42. The van der Waals surface area contributed by atoms with Gasteiger partial charge in [0, 0.05) is 23.6 Å². The molecule has 0 saturated heterocycles. The second-order valence-corrected chi connectivity index (χ2v) is 6.41. The number of thioether (sulfide) groups is 1. The van der Waals surface area contributed by atoms with Crippen molar-refractivity contribution in [2.45, 2.75) is 31.3 Å². The maximum Gasteiger partial charge on any atom is 0.252 e. The summed E-state index contributed by atoms with van der Waals surface area (Å²) in [5.41, 5.74) is 1.10. The zero-order valence-electron chi connectivity index (χ0n) is 13.1. The normalized spacial score (nSPS) is 11.3. The molecule has 1 N–H and O–H groups in total. The van der Waals surface area contributed by atoms with Gasteiger partial charge in [-0.1, -0.05) is 31.2 Å². The van der Waals surface area contributed by atoms with E-state index in [1.54, 1.807) is 6.07 Å². The predicted octanol–water partition coefficient (Wildman–Crippen LogP) is 2.98. The smallest absolute Gasteiger partial charge is 0.252 e. The summed E-state index contributed by atoms with van der Waals surface area (Å²) in [4.78, 5) is 14.3. The van der Waals surface area contributed by atoms with E-state index in [1.807, 2.05) is 11.3 Å². The summed E-state index contributed by atoms with van der Waals surface area (Å²) in [6, 6.07) is 5.13. The number of hydrogen-bond donors (Lipinski definition) is 1. The van der Waals surface area contributed by atoms with Gasteiger partial charge in [-0.05, 0) is 24.5 Å². The Labute approximate surface area is 141 Å². The van der Waals surface area contributed by atoms with Crippen LogP contribution in [0.4, 0.5) is 8.78 Å². The van der Waals surface area contributed by atoms with Crippen molar-refractivity contribution >= 4 is 17.5 Å². The first kappa shape index (κ1) is 16.6. The van der Waals surface area contributed by atoms with Crippen molar-refractivity contribution < 1.29 is 8.78 Å². The summed E-state index contributed by atoms with van der Waals surface area (Å²) in [6.45, 7) is 2.03. The fraction of sp³-hybridized carbons (Fsp3) is 0.312. The molecule has 0 fully saturated rings. The lowest BCUT2D eigenvalue weighted by atomic mass is 10.1. The van der Waals surface area contributed by atoms with Gasteiger partial charge in [0.1, 0.15) is 11.6 Å². The van der Waals surface area contributed by atoms with E-state index in [9.17, 15) is 13.6 Å².